The second kappa shape index (κ2) is 8.50. The third-order valence-corrected chi connectivity index (χ3v) is 4.76. The molecule has 1 saturated heterocycles. The first-order valence-electron chi connectivity index (χ1n) is 9.36. The van der Waals surface area contributed by atoms with Crippen LogP contribution >= 0.6 is 11.6 Å². The number of nitrogen functional groups attached to an aromatic ring is 1. The molecular weight excluding hydrogens is 366 g/mol. The SMILES string of the molecule is CC(C)(C)c1cc(N)n(-c2ccc(Cl)c(OCCOC3CCCCO3)c2)n1. The standard InChI is InChI=1S/C20H28ClN3O3/c1-20(2,3)17-13-18(22)24(23-17)14-7-8-15(21)16(12-14)25-10-11-27-19-6-4-5-9-26-19/h7-8,12-13,19H,4-6,9-11,22H2,1-3H3. The van der Waals surface area contributed by atoms with Crippen LogP contribution in [0.1, 0.15) is 45.7 Å². The van der Waals surface area contributed by atoms with Gasteiger partial charge in [0, 0.05) is 24.2 Å². The van der Waals surface area contributed by atoms with Crippen molar-refractivity contribution in [3.63, 3.8) is 0 Å². The lowest BCUT2D eigenvalue weighted by atomic mass is 9.92. The molecule has 1 atom stereocenters. The molecule has 148 valence electrons. The Morgan fingerprint density at radius 3 is 2.74 bits per heavy atom. The molecule has 2 N–H and O–H groups in total. The van der Waals surface area contributed by atoms with Crippen molar-refractivity contribution in [3.8, 4) is 11.4 Å². The summed E-state index contributed by atoms with van der Waals surface area (Å²) in [6.45, 7) is 7.91. The van der Waals surface area contributed by atoms with Crippen LogP contribution in [0.4, 0.5) is 5.82 Å². The van der Waals surface area contributed by atoms with E-state index in [0.717, 1.165) is 37.3 Å². The van der Waals surface area contributed by atoms with E-state index in [1.807, 2.05) is 18.2 Å². The van der Waals surface area contributed by atoms with E-state index in [2.05, 4.69) is 25.9 Å². The summed E-state index contributed by atoms with van der Waals surface area (Å²) in [6.07, 6.45) is 3.06. The van der Waals surface area contributed by atoms with E-state index in [1.165, 1.54) is 0 Å². The first-order valence-corrected chi connectivity index (χ1v) is 9.74. The van der Waals surface area contributed by atoms with E-state index in [1.54, 1.807) is 10.7 Å². The van der Waals surface area contributed by atoms with Gasteiger partial charge in [-0.05, 0) is 31.4 Å². The molecule has 7 heteroatoms. The molecule has 1 aromatic carbocycles. The van der Waals surface area contributed by atoms with Crippen molar-refractivity contribution in [1.29, 1.82) is 0 Å². The van der Waals surface area contributed by atoms with Gasteiger partial charge in [0.2, 0.25) is 0 Å². The van der Waals surface area contributed by atoms with Crippen molar-refractivity contribution >= 4 is 17.4 Å². The topological polar surface area (TPSA) is 71.5 Å². The third kappa shape index (κ3) is 5.15. The number of hydrogen-bond acceptors (Lipinski definition) is 5. The molecule has 6 nitrogen and oxygen atoms in total. The van der Waals surface area contributed by atoms with Crippen LogP contribution in [0.2, 0.25) is 5.02 Å². The number of benzene rings is 1. The average molecular weight is 394 g/mol. The van der Waals surface area contributed by atoms with Crippen LogP contribution < -0.4 is 10.5 Å². The number of hydrogen-bond donors (Lipinski definition) is 1. The minimum Gasteiger partial charge on any atom is -0.490 e. The molecule has 0 amide bonds. The number of aromatic nitrogens is 2. The number of nitrogens with two attached hydrogens (primary N) is 1. The molecule has 2 aromatic rings. The van der Waals surface area contributed by atoms with E-state index < -0.39 is 0 Å². The molecule has 27 heavy (non-hydrogen) atoms. The second-order valence-corrected chi connectivity index (χ2v) is 8.15. The van der Waals surface area contributed by atoms with Gasteiger partial charge in [0.1, 0.15) is 18.2 Å². The van der Waals surface area contributed by atoms with Crippen LogP contribution in [0, 0.1) is 0 Å². The Bertz CT molecular complexity index is 764. The number of nitrogens with zero attached hydrogens (tertiary/aromatic N) is 2. The smallest absolute Gasteiger partial charge is 0.157 e. The van der Waals surface area contributed by atoms with Gasteiger partial charge in [-0.15, -0.1) is 0 Å². The molecule has 1 aromatic heterocycles. The zero-order valence-corrected chi connectivity index (χ0v) is 17.0. The highest BCUT2D eigenvalue weighted by Crippen LogP contribution is 2.30. The van der Waals surface area contributed by atoms with Gasteiger partial charge < -0.3 is 19.9 Å². The summed E-state index contributed by atoms with van der Waals surface area (Å²) in [5.41, 5.74) is 7.81. The van der Waals surface area contributed by atoms with Crippen molar-refractivity contribution in [2.75, 3.05) is 25.6 Å². The van der Waals surface area contributed by atoms with E-state index in [9.17, 15) is 0 Å². The highest BCUT2D eigenvalue weighted by Gasteiger charge is 2.20. The molecule has 0 saturated carbocycles. The molecule has 3 rings (SSSR count). The molecule has 1 fully saturated rings. The fraction of sp³-hybridized carbons (Fsp3) is 0.550. The van der Waals surface area contributed by atoms with Crippen LogP contribution in [-0.2, 0) is 14.9 Å². The van der Waals surface area contributed by atoms with Gasteiger partial charge in [0.25, 0.3) is 0 Å². The fourth-order valence-corrected chi connectivity index (χ4v) is 3.05. The molecule has 0 radical (unpaired) electrons. The highest BCUT2D eigenvalue weighted by atomic mass is 35.5. The van der Waals surface area contributed by atoms with Gasteiger partial charge in [-0.1, -0.05) is 32.4 Å². The van der Waals surface area contributed by atoms with Gasteiger partial charge >= 0.3 is 0 Å². The molecular formula is C20H28ClN3O3. The first-order chi connectivity index (χ1) is 12.8. The van der Waals surface area contributed by atoms with Crippen LogP contribution in [0.15, 0.2) is 24.3 Å². The third-order valence-electron chi connectivity index (χ3n) is 4.45. The van der Waals surface area contributed by atoms with Gasteiger partial charge in [-0.3, -0.25) is 0 Å². The van der Waals surface area contributed by atoms with Crippen molar-refractivity contribution in [2.24, 2.45) is 0 Å². The van der Waals surface area contributed by atoms with Gasteiger partial charge in [-0.2, -0.15) is 5.10 Å². The van der Waals surface area contributed by atoms with Gasteiger partial charge in [0.05, 0.1) is 23.0 Å². The van der Waals surface area contributed by atoms with Crippen molar-refractivity contribution in [2.45, 2.75) is 51.7 Å². The lowest BCUT2D eigenvalue weighted by Crippen LogP contribution is -2.24. The van der Waals surface area contributed by atoms with Crippen molar-refractivity contribution < 1.29 is 14.2 Å². The Morgan fingerprint density at radius 2 is 2.07 bits per heavy atom. The fourth-order valence-electron chi connectivity index (χ4n) is 2.88. The Hall–Kier alpha value is -1.76. The summed E-state index contributed by atoms with van der Waals surface area (Å²) in [4.78, 5) is 0. The zero-order valence-electron chi connectivity index (χ0n) is 16.2. The maximum atomic E-state index is 6.28. The summed E-state index contributed by atoms with van der Waals surface area (Å²) in [7, 11) is 0. The normalized spacial score (nSPS) is 17.9. The summed E-state index contributed by atoms with van der Waals surface area (Å²) >= 11 is 6.28. The van der Waals surface area contributed by atoms with Gasteiger partial charge in [-0.25, -0.2) is 4.68 Å². The number of rotatable bonds is 6. The Balaban J connectivity index is 1.65. The minimum absolute atomic E-state index is 0.0797. The molecule has 0 bridgehead atoms. The van der Waals surface area contributed by atoms with Crippen LogP contribution in [0.3, 0.4) is 0 Å². The quantitative estimate of drug-likeness (QED) is 0.739. The molecule has 0 spiro atoms. The predicted octanol–water partition coefficient (Wildman–Crippen LogP) is 4.33. The maximum Gasteiger partial charge on any atom is 0.157 e. The Morgan fingerprint density at radius 1 is 1.26 bits per heavy atom. The zero-order chi connectivity index (χ0) is 19.4. The van der Waals surface area contributed by atoms with Crippen LogP contribution in [0.25, 0.3) is 5.69 Å². The summed E-state index contributed by atoms with van der Waals surface area (Å²) in [5, 5.41) is 5.17. The summed E-state index contributed by atoms with van der Waals surface area (Å²) in [5.74, 6) is 1.15. The lowest BCUT2D eigenvalue weighted by Gasteiger charge is -2.22. The molecule has 2 heterocycles. The largest absolute Gasteiger partial charge is 0.490 e. The number of halogens is 1. The van der Waals surface area contributed by atoms with E-state index >= 15 is 0 Å². The maximum absolute atomic E-state index is 6.28. The first kappa shape index (κ1) is 20.0. The van der Waals surface area contributed by atoms with E-state index in [4.69, 9.17) is 31.5 Å². The molecule has 1 aliphatic heterocycles. The minimum atomic E-state index is -0.121. The highest BCUT2D eigenvalue weighted by molar-refractivity contribution is 6.32. The molecule has 0 aliphatic carbocycles. The monoisotopic (exact) mass is 393 g/mol. The van der Waals surface area contributed by atoms with Crippen LogP contribution in [0.5, 0.6) is 5.75 Å². The van der Waals surface area contributed by atoms with Crippen molar-refractivity contribution in [3.05, 3.63) is 35.0 Å². The van der Waals surface area contributed by atoms with Crippen LogP contribution in [-0.4, -0.2) is 35.9 Å². The number of ether oxygens (including phenoxy) is 3. The lowest BCUT2D eigenvalue weighted by molar-refractivity contribution is -0.165. The van der Waals surface area contributed by atoms with Gasteiger partial charge in [0.15, 0.2) is 6.29 Å². The number of anilines is 1. The Kier molecular flexibility index (Phi) is 6.29. The average Bonchev–Trinajstić information content (AvgIpc) is 3.03. The molecule has 1 aliphatic rings. The Labute approximate surface area is 165 Å². The summed E-state index contributed by atoms with van der Waals surface area (Å²) < 4.78 is 18.7. The second-order valence-electron chi connectivity index (χ2n) is 7.75. The molecule has 1 unspecified atom stereocenters. The van der Waals surface area contributed by atoms with E-state index in [0.29, 0.717) is 29.8 Å². The summed E-state index contributed by atoms with van der Waals surface area (Å²) in [6, 6.07) is 7.40. The predicted molar refractivity (Wildman–Crippen MR) is 107 cm³/mol. The van der Waals surface area contributed by atoms with E-state index in [-0.39, 0.29) is 11.7 Å². The van der Waals surface area contributed by atoms with Crippen molar-refractivity contribution in [1.82, 2.24) is 9.78 Å².